The number of hydrogen-bond donors (Lipinski definition) is 1. The lowest BCUT2D eigenvalue weighted by molar-refractivity contribution is 0.180. The summed E-state index contributed by atoms with van der Waals surface area (Å²) in [7, 11) is 1.62. The molecule has 1 unspecified atom stereocenters. The van der Waals surface area contributed by atoms with E-state index >= 15 is 4.39 Å². The van der Waals surface area contributed by atoms with Gasteiger partial charge in [-0.05, 0) is 27.9 Å². The summed E-state index contributed by atoms with van der Waals surface area (Å²) in [5.74, 6) is 0. The number of nitrogens with zero attached hydrogens (tertiary/aromatic N) is 2. The van der Waals surface area contributed by atoms with Crippen molar-refractivity contribution >= 4 is 21.6 Å². The van der Waals surface area contributed by atoms with Gasteiger partial charge >= 0.3 is 0 Å². The summed E-state index contributed by atoms with van der Waals surface area (Å²) in [6.07, 6.45) is 1.35. The summed E-state index contributed by atoms with van der Waals surface area (Å²) in [6.45, 7) is 1.89. The van der Waals surface area contributed by atoms with Crippen molar-refractivity contribution in [3.05, 3.63) is 45.7 Å². The normalized spacial score (nSPS) is 14.8. The van der Waals surface area contributed by atoms with Crippen LogP contribution in [0.15, 0.2) is 28.9 Å². The van der Waals surface area contributed by atoms with E-state index in [1.165, 1.54) is 5.56 Å². The van der Waals surface area contributed by atoms with Crippen molar-refractivity contribution < 1.29 is 9.13 Å². The molecule has 1 aromatic heterocycles. The van der Waals surface area contributed by atoms with Gasteiger partial charge in [-0.25, -0.2) is 4.39 Å². The Morgan fingerprint density at radius 2 is 2.38 bits per heavy atom. The highest BCUT2D eigenvalue weighted by Gasteiger charge is 2.26. The van der Waals surface area contributed by atoms with Crippen LogP contribution in [-0.2, 0) is 17.7 Å². The molecule has 3 rings (SSSR count). The number of alkyl halides is 1. The van der Waals surface area contributed by atoms with E-state index in [0.29, 0.717) is 28.9 Å². The number of hydrogen-bond acceptors (Lipinski definition) is 3. The topological polar surface area (TPSA) is 39.1 Å². The van der Waals surface area contributed by atoms with Crippen LogP contribution in [0.1, 0.15) is 23.0 Å². The van der Waals surface area contributed by atoms with Crippen molar-refractivity contribution in [2.75, 3.05) is 25.6 Å². The maximum Gasteiger partial charge on any atom is 0.170 e. The van der Waals surface area contributed by atoms with Crippen molar-refractivity contribution in [3.63, 3.8) is 0 Å². The Kier molecular flexibility index (Phi) is 4.26. The third-order valence-corrected chi connectivity index (χ3v) is 4.34. The van der Waals surface area contributed by atoms with Crippen LogP contribution < -0.4 is 5.32 Å². The zero-order valence-corrected chi connectivity index (χ0v) is 13.4. The molecule has 4 nitrogen and oxygen atoms in total. The molecule has 6 heteroatoms. The van der Waals surface area contributed by atoms with Gasteiger partial charge in [0.2, 0.25) is 0 Å². The number of nitrogens with one attached hydrogen (secondary N) is 1. The van der Waals surface area contributed by atoms with E-state index in [0.717, 1.165) is 18.7 Å². The maximum atomic E-state index is 15.1. The number of ether oxygens (including phenoxy) is 1. The average molecular weight is 354 g/mol. The van der Waals surface area contributed by atoms with Crippen LogP contribution in [0.3, 0.4) is 0 Å². The summed E-state index contributed by atoms with van der Waals surface area (Å²) in [5, 5.41) is 7.51. The standard InChI is InChI=1S/C15H17BrFN3O/c1-21-8-7-20-15(12(16)9-19-20)13(17)11-4-2-3-10-5-6-18-14(10)11/h2-4,9,13,18H,5-8H2,1H3. The number of rotatable bonds is 5. The van der Waals surface area contributed by atoms with Crippen LogP contribution in [0.5, 0.6) is 0 Å². The van der Waals surface area contributed by atoms with E-state index in [-0.39, 0.29) is 0 Å². The third-order valence-electron chi connectivity index (χ3n) is 3.73. The fourth-order valence-electron chi connectivity index (χ4n) is 2.70. The van der Waals surface area contributed by atoms with Crippen LogP contribution in [0.4, 0.5) is 10.1 Å². The molecule has 2 aromatic rings. The van der Waals surface area contributed by atoms with Gasteiger partial charge in [0.15, 0.2) is 6.17 Å². The summed E-state index contributed by atoms with van der Waals surface area (Å²) in [5.41, 5.74) is 3.31. The predicted octanol–water partition coefficient (Wildman–Crippen LogP) is 3.32. The number of halogens is 2. The fraction of sp³-hybridized carbons (Fsp3) is 0.400. The van der Waals surface area contributed by atoms with Gasteiger partial charge in [0.05, 0.1) is 29.5 Å². The summed E-state index contributed by atoms with van der Waals surface area (Å²) < 4.78 is 22.5. The molecule has 0 amide bonds. The highest BCUT2D eigenvalue weighted by atomic mass is 79.9. The molecule has 21 heavy (non-hydrogen) atoms. The number of methoxy groups -OCH3 is 1. The number of aromatic nitrogens is 2. The van der Waals surface area contributed by atoms with Gasteiger partial charge in [-0.3, -0.25) is 4.68 Å². The number of para-hydroxylation sites is 1. The fourth-order valence-corrected chi connectivity index (χ4v) is 3.20. The Labute approximate surface area is 131 Å². The van der Waals surface area contributed by atoms with Crippen LogP contribution >= 0.6 is 15.9 Å². The first-order chi connectivity index (χ1) is 10.2. The lowest BCUT2D eigenvalue weighted by Gasteiger charge is -2.16. The highest BCUT2D eigenvalue weighted by molar-refractivity contribution is 9.10. The zero-order chi connectivity index (χ0) is 14.8. The molecule has 1 N–H and O–H groups in total. The van der Waals surface area contributed by atoms with E-state index in [2.05, 4.69) is 26.3 Å². The van der Waals surface area contributed by atoms with E-state index in [1.807, 2.05) is 18.2 Å². The minimum atomic E-state index is -1.22. The molecule has 1 aliphatic heterocycles. The molecule has 0 saturated carbocycles. The highest BCUT2D eigenvalue weighted by Crippen LogP contribution is 2.38. The third kappa shape index (κ3) is 2.70. The van der Waals surface area contributed by atoms with E-state index in [1.54, 1.807) is 18.0 Å². The minimum absolute atomic E-state index is 0.499. The van der Waals surface area contributed by atoms with Crippen molar-refractivity contribution in [3.8, 4) is 0 Å². The molecule has 0 fully saturated rings. The van der Waals surface area contributed by atoms with Crippen molar-refractivity contribution in [1.82, 2.24) is 9.78 Å². The van der Waals surface area contributed by atoms with E-state index < -0.39 is 6.17 Å². The first-order valence-electron chi connectivity index (χ1n) is 6.92. The molecular formula is C15H17BrFN3O. The lowest BCUT2D eigenvalue weighted by Crippen LogP contribution is -2.12. The van der Waals surface area contributed by atoms with Crippen LogP contribution in [0.25, 0.3) is 0 Å². The van der Waals surface area contributed by atoms with Crippen LogP contribution in [-0.4, -0.2) is 30.0 Å². The molecule has 112 valence electrons. The molecule has 0 saturated heterocycles. The lowest BCUT2D eigenvalue weighted by atomic mass is 10.0. The number of anilines is 1. The Balaban J connectivity index is 1.97. The molecule has 2 heterocycles. The molecule has 0 bridgehead atoms. The van der Waals surface area contributed by atoms with Crippen molar-refractivity contribution in [1.29, 1.82) is 0 Å². The summed E-state index contributed by atoms with van der Waals surface area (Å²) >= 11 is 3.40. The van der Waals surface area contributed by atoms with Gasteiger partial charge in [-0.1, -0.05) is 18.2 Å². The monoisotopic (exact) mass is 353 g/mol. The molecule has 0 spiro atoms. The second kappa shape index (κ2) is 6.15. The Bertz CT molecular complexity index is 644. The van der Waals surface area contributed by atoms with Gasteiger partial charge in [0.1, 0.15) is 0 Å². The van der Waals surface area contributed by atoms with Crippen molar-refractivity contribution in [2.24, 2.45) is 0 Å². The zero-order valence-electron chi connectivity index (χ0n) is 11.8. The largest absolute Gasteiger partial charge is 0.384 e. The second-order valence-electron chi connectivity index (χ2n) is 5.01. The summed E-state index contributed by atoms with van der Waals surface area (Å²) in [6, 6.07) is 5.79. The second-order valence-corrected chi connectivity index (χ2v) is 5.87. The van der Waals surface area contributed by atoms with Gasteiger partial charge in [0, 0.05) is 24.9 Å². The van der Waals surface area contributed by atoms with Gasteiger partial charge in [-0.2, -0.15) is 5.10 Å². The molecule has 1 aromatic carbocycles. The van der Waals surface area contributed by atoms with Crippen LogP contribution in [0.2, 0.25) is 0 Å². The summed E-state index contributed by atoms with van der Waals surface area (Å²) in [4.78, 5) is 0. The van der Waals surface area contributed by atoms with Gasteiger partial charge in [0.25, 0.3) is 0 Å². The molecule has 1 atom stereocenters. The number of fused-ring (bicyclic) bond motifs is 1. The number of benzene rings is 1. The van der Waals surface area contributed by atoms with E-state index in [9.17, 15) is 0 Å². The molecular weight excluding hydrogens is 337 g/mol. The van der Waals surface area contributed by atoms with Gasteiger partial charge in [-0.15, -0.1) is 0 Å². The smallest absolute Gasteiger partial charge is 0.170 e. The first-order valence-corrected chi connectivity index (χ1v) is 7.71. The van der Waals surface area contributed by atoms with Crippen LogP contribution in [0, 0.1) is 0 Å². The maximum absolute atomic E-state index is 15.1. The minimum Gasteiger partial charge on any atom is -0.384 e. The Morgan fingerprint density at radius 1 is 1.52 bits per heavy atom. The Morgan fingerprint density at radius 3 is 3.19 bits per heavy atom. The van der Waals surface area contributed by atoms with Gasteiger partial charge < -0.3 is 10.1 Å². The molecule has 0 radical (unpaired) electrons. The average Bonchev–Trinajstić information content (AvgIpc) is 3.10. The van der Waals surface area contributed by atoms with E-state index in [4.69, 9.17) is 4.74 Å². The SMILES string of the molecule is COCCn1ncc(Br)c1C(F)c1cccc2c1NCC2. The quantitative estimate of drug-likeness (QED) is 0.895. The predicted molar refractivity (Wildman–Crippen MR) is 83.4 cm³/mol. The Hall–Kier alpha value is -1.40. The molecule has 0 aliphatic carbocycles. The van der Waals surface area contributed by atoms with Crippen molar-refractivity contribution in [2.45, 2.75) is 19.1 Å². The molecule has 1 aliphatic rings. The first kappa shape index (κ1) is 14.5.